The van der Waals surface area contributed by atoms with E-state index in [0.29, 0.717) is 10.8 Å². The maximum absolute atomic E-state index is 13.0. The number of hydrogen-bond donors (Lipinski definition) is 2. The Kier molecular flexibility index (Phi) is 6.69. The number of halogens is 2. The van der Waals surface area contributed by atoms with Gasteiger partial charge in [-0.15, -0.1) is 0 Å². The molecule has 2 aromatic carbocycles. The molecule has 0 spiro atoms. The van der Waals surface area contributed by atoms with Crippen LogP contribution in [0.25, 0.3) is 0 Å². The summed E-state index contributed by atoms with van der Waals surface area (Å²) in [7, 11) is 0. The van der Waals surface area contributed by atoms with Gasteiger partial charge in [0.2, 0.25) is 6.29 Å². The summed E-state index contributed by atoms with van der Waals surface area (Å²) in [4.78, 5) is 0. The molecule has 5 atom stereocenters. The molecule has 0 unspecified atom stereocenters. The largest absolute Gasteiger partial charge is 0.462 e. The molecular weight excluding hydrogens is 411 g/mol. The van der Waals surface area contributed by atoms with Gasteiger partial charge in [-0.25, -0.2) is 4.39 Å². The zero-order chi connectivity index (χ0) is 20.3. The lowest BCUT2D eigenvalue weighted by Gasteiger charge is -2.40. The Bertz CT molecular complexity index is 803. The average molecular weight is 429 g/mol. The van der Waals surface area contributed by atoms with E-state index >= 15 is 0 Å². The third-order valence-electron chi connectivity index (χ3n) is 4.09. The zero-order valence-electron chi connectivity index (χ0n) is 14.7. The lowest BCUT2D eigenvalue weighted by Crippen LogP contribution is -2.59. The molecule has 0 aliphatic carbocycles. The molecule has 6 nitrogen and oxygen atoms in total. The van der Waals surface area contributed by atoms with Gasteiger partial charge in [-0.1, -0.05) is 11.6 Å². The number of aliphatic hydroxyl groups is 2. The van der Waals surface area contributed by atoms with Gasteiger partial charge in [0.15, 0.2) is 12.2 Å². The third kappa shape index (κ3) is 5.09. The van der Waals surface area contributed by atoms with Gasteiger partial charge < -0.3 is 29.2 Å². The predicted molar refractivity (Wildman–Crippen MR) is 103 cm³/mol. The lowest BCUT2D eigenvalue weighted by molar-refractivity contribution is -0.266. The van der Waals surface area contributed by atoms with Gasteiger partial charge in [0.05, 0.1) is 6.10 Å². The second kappa shape index (κ2) is 9.02. The highest BCUT2D eigenvalue weighted by Gasteiger charge is 2.46. The van der Waals surface area contributed by atoms with E-state index < -0.39 is 36.5 Å². The van der Waals surface area contributed by atoms with Gasteiger partial charge in [-0.2, -0.15) is 0 Å². The normalized spacial score (nSPS) is 27.1. The number of benzene rings is 2. The van der Waals surface area contributed by atoms with E-state index in [-0.39, 0.29) is 11.0 Å². The van der Waals surface area contributed by atoms with Crippen molar-refractivity contribution >= 4 is 29.1 Å². The lowest BCUT2D eigenvalue weighted by atomic mass is 10.00. The molecule has 0 radical (unpaired) electrons. The fourth-order valence-electron chi connectivity index (χ4n) is 2.61. The van der Waals surface area contributed by atoms with E-state index in [4.69, 9.17) is 42.8 Å². The molecule has 1 fully saturated rings. The van der Waals surface area contributed by atoms with Crippen LogP contribution in [0.5, 0.6) is 11.5 Å². The zero-order valence-corrected chi connectivity index (χ0v) is 16.3. The Hall–Kier alpha value is -1.97. The van der Waals surface area contributed by atoms with Crippen molar-refractivity contribution in [3.8, 4) is 11.5 Å². The SMILES string of the molecule is C[C@@H]1O[C@@H](Oc2ccc(Cl)cc2)[C@@H](O)[C@H](OC(=S)Oc2ccc(F)cc2)[C@@H]1O. The summed E-state index contributed by atoms with van der Waals surface area (Å²) in [6, 6.07) is 11.6. The molecule has 0 aromatic heterocycles. The summed E-state index contributed by atoms with van der Waals surface area (Å²) in [6.07, 6.45) is -5.53. The van der Waals surface area contributed by atoms with Crippen molar-refractivity contribution in [1.82, 2.24) is 0 Å². The van der Waals surface area contributed by atoms with Crippen molar-refractivity contribution in [1.29, 1.82) is 0 Å². The second-order valence-electron chi connectivity index (χ2n) is 6.15. The molecule has 28 heavy (non-hydrogen) atoms. The van der Waals surface area contributed by atoms with Crippen LogP contribution in [0, 0.1) is 5.82 Å². The van der Waals surface area contributed by atoms with Crippen LogP contribution in [0.1, 0.15) is 6.92 Å². The van der Waals surface area contributed by atoms with Crippen LogP contribution in [0.2, 0.25) is 5.02 Å². The highest BCUT2D eigenvalue weighted by atomic mass is 35.5. The van der Waals surface area contributed by atoms with Gasteiger partial charge in [0.1, 0.15) is 23.4 Å². The van der Waals surface area contributed by atoms with E-state index in [1.165, 1.54) is 24.3 Å². The molecule has 0 saturated carbocycles. The third-order valence-corrected chi connectivity index (χ3v) is 4.53. The Morgan fingerprint density at radius 3 is 2.29 bits per heavy atom. The first-order valence-corrected chi connectivity index (χ1v) is 9.20. The Morgan fingerprint density at radius 2 is 1.64 bits per heavy atom. The predicted octanol–water partition coefficient (Wildman–Crippen LogP) is 3.07. The van der Waals surface area contributed by atoms with Crippen LogP contribution >= 0.6 is 23.8 Å². The van der Waals surface area contributed by atoms with Crippen molar-refractivity contribution in [2.75, 3.05) is 0 Å². The van der Waals surface area contributed by atoms with E-state index in [9.17, 15) is 14.6 Å². The van der Waals surface area contributed by atoms with Crippen LogP contribution in [0.3, 0.4) is 0 Å². The summed E-state index contributed by atoms with van der Waals surface area (Å²) in [6.45, 7) is 1.61. The highest BCUT2D eigenvalue weighted by molar-refractivity contribution is 7.79. The Morgan fingerprint density at radius 1 is 1.04 bits per heavy atom. The van der Waals surface area contributed by atoms with Crippen molar-refractivity contribution in [3.63, 3.8) is 0 Å². The first kappa shape index (κ1) is 20.8. The molecular formula is C19H18ClFO6S. The summed E-state index contributed by atoms with van der Waals surface area (Å²) < 4.78 is 34.9. The van der Waals surface area contributed by atoms with Crippen molar-refractivity contribution in [3.05, 3.63) is 59.4 Å². The number of hydrogen-bond acceptors (Lipinski definition) is 7. The van der Waals surface area contributed by atoms with Crippen LogP contribution < -0.4 is 9.47 Å². The molecule has 1 heterocycles. The van der Waals surface area contributed by atoms with E-state index in [1.54, 1.807) is 31.2 Å². The average Bonchev–Trinajstić information content (AvgIpc) is 2.67. The molecule has 2 N–H and O–H groups in total. The van der Waals surface area contributed by atoms with Gasteiger partial charge in [0, 0.05) is 17.2 Å². The van der Waals surface area contributed by atoms with E-state index in [2.05, 4.69) is 0 Å². The Balaban J connectivity index is 1.66. The minimum atomic E-state index is -1.36. The minimum Gasteiger partial charge on any atom is -0.462 e. The molecule has 1 aliphatic rings. The molecule has 0 amide bonds. The summed E-state index contributed by atoms with van der Waals surface area (Å²) in [5.41, 5.74) is 0. The number of ether oxygens (including phenoxy) is 4. The molecule has 3 rings (SSSR count). The molecule has 1 saturated heterocycles. The van der Waals surface area contributed by atoms with Gasteiger partial charge in [-0.05, 0) is 55.5 Å². The summed E-state index contributed by atoms with van der Waals surface area (Å²) in [5.74, 6) is 0.246. The van der Waals surface area contributed by atoms with Crippen LogP contribution in [0.15, 0.2) is 48.5 Å². The maximum Gasteiger partial charge on any atom is 0.358 e. The van der Waals surface area contributed by atoms with Crippen molar-refractivity contribution < 1.29 is 33.6 Å². The van der Waals surface area contributed by atoms with Gasteiger partial charge in [-0.3, -0.25) is 0 Å². The topological polar surface area (TPSA) is 77.4 Å². The first-order chi connectivity index (χ1) is 13.3. The van der Waals surface area contributed by atoms with Gasteiger partial charge in [0.25, 0.3) is 0 Å². The second-order valence-corrected chi connectivity index (χ2v) is 6.92. The molecule has 150 valence electrons. The highest BCUT2D eigenvalue weighted by Crippen LogP contribution is 2.27. The fraction of sp³-hybridized carbons (Fsp3) is 0.316. The smallest absolute Gasteiger partial charge is 0.358 e. The van der Waals surface area contributed by atoms with E-state index in [1.807, 2.05) is 0 Å². The standard InChI is InChI=1S/C19H18ClFO6S/c1-10-15(22)17(27-19(28)26-14-8-4-12(21)5-9-14)16(23)18(24-10)25-13-6-2-11(20)3-7-13/h2-10,15-18,22-23H,1H3/t10-,15+,16-,17+,18-/m0/s1. The van der Waals surface area contributed by atoms with Crippen LogP contribution in [0.4, 0.5) is 4.39 Å². The van der Waals surface area contributed by atoms with Gasteiger partial charge >= 0.3 is 5.24 Å². The summed E-state index contributed by atoms with van der Waals surface area (Å²) in [5, 5.41) is 21.1. The molecule has 9 heteroatoms. The summed E-state index contributed by atoms with van der Waals surface area (Å²) >= 11 is 10.9. The minimum absolute atomic E-state index is 0.254. The first-order valence-electron chi connectivity index (χ1n) is 8.41. The quantitative estimate of drug-likeness (QED) is 0.724. The van der Waals surface area contributed by atoms with Crippen molar-refractivity contribution in [2.24, 2.45) is 0 Å². The van der Waals surface area contributed by atoms with E-state index in [0.717, 1.165) is 0 Å². The monoisotopic (exact) mass is 428 g/mol. The molecule has 0 bridgehead atoms. The number of thiocarbonyl (C=S) groups is 1. The number of rotatable bonds is 4. The molecule has 2 aromatic rings. The molecule has 1 aliphatic heterocycles. The number of aliphatic hydroxyl groups excluding tert-OH is 2. The fourth-order valence-corrected chi connectivity index (χ4v) is 2.95. The van der Waals surface area contributed by atoms with Crippen LogP contribution in [-0.4, -0.2) is 46.2 Å². The van der Waals surface area contributed by atoms with Crippen LogP contribution in [-0.2, 0) is 9.47 Å². The maximum atomic E-state index is 13.0. The van der Waals surface area contributed by atoms with Crippen molar-refractivity contribution in [2.45, 2.75) is 37.6 Å². The Labute approximate surface area is 171 Å².